The predicted molar refractivity (Wildman–Crippen MR) is 118 cm³/mol. The van der Waals surface area contributed by atoms with E-state index in [0.717, 1.165) is 0 Å². The summed E-state index contributed by atoms with van der Waals surface area (Å²) < 4.78 is 0. The third kappa shape index (κ3) is 13.3. The van der Waals surface area contributed by atoms with Crippen molar-refractivity contribution in [3.8, 4) is 0 Å². The minimum atomic E-state index is -1.46. The van der Waals surface area contributed by atoms with Gasteiger partial charge in [0.15, 0.2) is 5.96 Å². The van der Waals surface area contributed by atoms with Gasteiger partial charge in [0, 0.05) is 6.54 Å². The van der Waals surface area contributed by atoms with Crippen molar-refractivity contribution in [1.29, 1.82) is 0 Å². The quantitative estimate of drug-likeness (QED) is 0.0622. The minimum Gasteiger partial charge on any atom is -0.481 e. The van der Waals surface area contributed by atoms with E-state index in [-0.39, 0.29) is 25.3 Å². The van der Waals surface area contributed by atoms with Crippen LogP contribution in [-0.4, -0.2) is 89.1 Å². The molecule has 3 atom stereocenters. The molecule has 182 valence electrons. The van der Waals surface area contributed by atoms with Crippen molar-refractivity contribution in [2.45, 2.75) is 43.8 Å². The molecule has 3 amide bonds. The Labute approximate surface area is 189 Å². The highest BCUT2D eigenvalue weighted by molar-refractivity contribution is 7.98. The first-order valence-corrected chi connectivity index (χ1v) is 11.0. The molecule has 0 radical (unpaired) electrons. The lowest BCUT2D eigenvalue weighted by Crippen LogP contribution is -2.54. The van der Waals surface area contributed by atoms with Crippen molar-refractivity contribution in [3.05, 3.63) is 0 Å². The van der Waals surface area contributed by atoms with Gasteiger partial charge in [-0.3, -0.25) is 24.2 Å². The monoisotopic (exact) mass is 477 g/mol. The van der Waals surface area contributed by atoms with Gasteiger partial charge in [-0.2, -0.15) is 11.8 Å². The summed E-state index contributed by atoms with van der Waals surface area (Å²) in [6.45, 7) is -0.449. The van der Waals surface area contributed by atoms with Gasteiger partial charge in [0.05, 0.1) is 19.0 Å². The van der Waals surface area contributed by atoms with Gasteiger partial charge in [-0.1, -0.05) is 0 Å². The average Bonchev–Trinajstić information content (AvgIpc) is 2.70. The van der Waals surface area contributed by atoms with E-state index < -0.39 is 60.8 Å². The topological polar surface area (TPSA) is 252 Å². The highest BCUT2D eigenvalue weighted by atomic mass is 32.2. The smallest absolute Gasteiger partial charge is 0.326 e. The van der Waals surface area contributed by atoms with Crippen LogP contribution in [0.4, 0.5) is 0 Å². The number of hydrogen-bond donors (Lipinski definition) is 8. The molecular weight excluding hydrogens is 446 g/mol. The lowest BCUT2D eigenvalue weighted by atomic mass is 10.1. The van der Waals surface area contributed by atoms with Gasteiger partial charge >= 0.3 is 11.9 Å². The number of nitrogens with zero attached hydrogens (tertiary/aromatic N) is 1. The van der Waals surface area contributed by atoms with Crippen molar-refractivity contribution in [1.82, 2.24) is 16.0 Å². The molecule has 15 heteroatoms. The first kappa shape index (κ1) is 28.9. The first-order valence-electron chi connectivity index (χ1n) is 9.59. The molecule has 0 heterocycles. The van der Waals surface area contributed by atoms with E-state index in [0.29, 0.717) is 12.2 Å². The van der Waals surface area contributed by atoms with Crippen LogP contribution in [0.5, 0.6) is 0 Å². The van der Waals surface area contributed by atoms with Crippen molar-refractivity contribution >= 4 is 47.4 Å². The zero-order chi connectivity index (χ0) is 24.7. The van der Waals surface area contributed by atoms with Crippen LogP contribution in [0.15, 0.2) is 4.99 Å². The van der Waals surface area contributed by atoms with E-state index in [1.807, 2.05) is 6.26 Å². The second kappa shape index (κ2) is 15.7. The Balaban J connectivity index is 4.78. The summed E-state index contributed by atoms with van der Waals surface area (Å²) in [4.78, 5) is 62.4. The number of amides is 3. The highest BCUT2D eigenvalue weighted by Gasteiger charge is 2.27. The Morgan fingerprint density at radius 1 is 1.00 bits per heavy atom. The van der Waals surface area contributed by atoms with Crippen molar-refractivity contribution in [2.24, 2.45) is 22.2 Å². The number of nitrogens with two attached hydrogens (primary N) is 3. The van der Waals surface area contributed by atoms with Crippen LogP contribution in [0.3, 0.4) is 0 Å². The van der Waals surface area contributed by atoms with Crippen LogP contribution in [0.1, 0.15) is 25.7 Å². The zero-order valence-corrected chi connectivity index (χ0v) is 18.5. The fraction of sp³-hybridized carbons (Fsp3) is 0.647. The molecule has 0 bridgehead atoms. The third-order valence-electron chi connectivity index (χ3n) is 3.98. The van der Waals surface area contributed by atoms with E-state index in [2.05, 4.69) is 20.9 Å². The Hall–Kier alpha value is -3.07. The Morgan fingerprint density at radius 2 is 1.66 bits per heavy atom. The maximum atomic E-state index is 12.3. The van der Waals surface area contributed by atoms with E-state index in [9.17, 15) is 29.1 Å². The summed E-state index contributed by atoms with van der Waals surface area (Å²) in [5.41, 5.74) is 16.0. The van der Waals surface area contributed by atoms with Crippen LogP contribution >= 0.6 is 11.8 Å². The van der Waals surface area contributed by atoms with Crippen LogP contribution < -0.4 is 33.2 Å². The normalized spacial score (nSPS) is 13.2. The van der Waals surface area contributed by atoms with Gasteiger partial charge in [-0.25, -0.2) is 4.79 Å². The Morgan fingerprint density at radius 3 is 2.19 bits per heavy atom. The number of carboxylic acids is 2. The number of carboxylic acid groups (broad SMARTS) is 2. The van der Waals surface area contributed by atoms with E-state index in [1.165, 1.54) is 11.8 Å². The van der Waals surface area contributed by atoms with Crippen LogP contribution in [0.25, 0.3) is 0 Å². The molecule has 0 saturated carbocycles. The summed E-state index contributed by atoms with van der Waals surface area (Å²) in [5.74, 6) is -4.61. The molecule has 0 spiro atoms. The largest absolute Gasteiger partial charge is 0.481 e. The molecule has 0 rings (SSSR count). The minimum absolute atomic E-state index is 0.0391. The highest BCUT2D eigenvalue weighted by Crippen LogP contribution is 2.01. The molecule has 0 fully saturated rings. The SMILES string of the molecule is CSCCC(N)C(=O)NC(CC(=O)O)C(=O)NCC(=O)NC(CCCN=C(N)N)C(=O)O. The van der Waals surface area contributed by atoms with E-state index in [1.54, 1.807) is 0 Å². The molecule has 0 aliphatic carbocycles. The first-order chi connectivity index (χ1) is 15.0. The maximum Gasteiger partial charge on any atom is 0.326 e. The molecule has 0 aromatic heterocycles. The molecule has 14 nitrogen and oxygen atoms in total. The van der Waals surface area contributed by atoms with Gasteiger partial charge in [-0.15, -0.1) is 0 Å². The summed E-state index contributed by atoms with van der Waals surface area (Å²) >= 11 is 1.47. The zero-order valence-electron chi connectivity index (χ0n) is 17.7. The number of aliphatic imine (C=N–C) groups is 1. The van der Waals surface area contributed by atoms with Crippen molar-refractivity contribution in [3.63, 3.8) is 0 Å². The molecule has 32 heavy (non-hydrogen) atoms. The van der Waals surface area contributed by atoms with Crippen LogP contribution in [0, 0.1) is 0 Å². The molecule has 0 aliphatic rings. The molecular formula is C17H31N7O7S. The number of guanidine groups is 1. The Bertz CT molecular complexity index is 701. The summed E-state index contributed by atoms with van der Waals surface area (Å²) in [6, 6.07) is -3.62. The molecule has 0 saturated heterocycles. The number of rotatable bonds is 16. The van der Waals surface area contributed by atoms with Gasteiger partial charge in [0.1, 0.15) is 12.1 Å². The fourth-order valence-electron chi connectivity index (χ4n) is 2.34. The van der Waals surface area contributed by atoms with Crippen LogP contribution in [0.2, 0.25) is 0 Å². The summed E-state index contributed by atoms with van der Waals surface area (Å²) in [6.07, 6.45) is 1.76. The second-order valence-corrected chi connectivity index (χ2v) is 7.66. The molecule has 0 aromatic rings. The van der Waals surface area contributed by atoms with Crippen molar-refractivity contribution < 1.29 is 34.2 Å². The lowest BCUT2D eigenvalue weighted by Gasteiger charge is -2.20. The average molecular weight is 478 g/mol. The maximum absolute atomic E-state index is 12.3. The number of aliphatic carboxylic acids is 2. The number of hydrogen-bond acceptors (Lipinski definition) is 8. The fourth-order valence-corrected chi connectivity index (χ4v) is 2.83. The van der Waals surface area contributed by atoms with Gasteiger partial charge in [0.2, 0.25) is 17.7 Å². The molecule has 0 aromatic carbocycles. The van der Waals surface area contributed by atoms with E-state index in [4.69, 9.17) is 22.3 Å². The van der Waals surface area contributed by atoms with Gasteiger partial charge in [0.25, 0.3) is 0 Å². The third-order valence-corrected chi connectivity index (χ3v) is 4.63. The number of carbonyl (C=O) groups is 5. The van der Waals surface area contributed by atoms with Crippen molar-refractivity contribution in [2.75, 3.05) is 25.1 Å². The molecule has 0 aliphatic heterocycles. The number of nitrogens with one attached hydrogen (secondary N) is 3. The van der Waals surface area contributed by atoms with Gasteiger partial charge < -0.3 is 43.4 Å². The second-order valence-electron chi connectivity index (χ2n) is 6.67. The predicted octanol–water partition coefficient (Wildman–Crippen LogP) is -3.23. The molecule has 11 N–H and O–H groups in total. The standard InChI is InChI=1S/C17H31N7O7S/c1-32-6-4-9(18)14(28)24-11(7-13(26)27)15(29)22-8-12(25)23-10(16(30)31)3-2-5-21-17(19)20/h9-11H,2-8,18H2,1H3,(H,22,29)(H,23,25)(H,24,28)(H,26,27)(H,30,31)(H4,19,20,21). The summed E-state index contributed by atoms with van der Waals surface area (Å²) in [5, 5.41) is 24.8. The summed E-state index contributed by atoms with van der Waals surface area (Å²) in [7, 11) is 0. The van der Waals surface area contributed by atoms with Gasteiger partial charge in [-0.05, 0) is 31.3 Å². The number of carbonyl (C=O) groups excluding carboxylic acids is 3. The van der Waals surface area contributed by atoms with Crippen LogP contribution in [-0.2, 0) is 24.0 Å². The molecule has 3 unspecified atom stereocenters. The van der Waals surface area contributed by atoms with E-state index >= 15 is 0 Å². The lowest BCUT2D eigenvalue weighted by molar-refractivity contribution is -0.142. The Kier molecular flexibility index (Phi) is 14.2. The number of thioether (sulfide) groups is 1.